The number of hydrogen-bond donors (Lipinski definition) is 3. The Morgan fingerprint density at radius 3 is 2.29 bits per heavy atom. The Balaban J connectivity index is 2.15. The lowest BCUT2D eigenvalue weighted by Gasteiger charge is -2.07. The van der Waals surface area contributed by atoms with Gasteiger partial charge in [-0.15, -0.1) is 0 Å². The molecular weight excluding hydrogens is 270 g/mol. The van der Waals surface area contributed by atoms with Crippen LogP contribution in [0.25, 0.3) is 0 Å². The number of anilines is 1. The van der Waals surface area contributed by atoms with Gasteiger partial charge in [-0.2, -0.15) is 0 Å². The van der Waals surface area contributed by atoms with E-state index < -0.39 is 5.97 Å². The molecule has 0 heterocycles. The second-order valence-corrected chi connectivity index (χ2v) is 4.54. The molecule has 0 aliphatic heterocycles. The van der Waals surface area contributed by atoms with Gasteiger partial charge in [-0.1, -0.05) is 19.1 Å². The molecule has 0 saturated carbocycles. The van der Waals surface area contributed by atoms with Gasteiger partial charge in [-0.05, 0) is 36.2 Å². The van der Waals surface area contributed by atoms with Gasteiger partial charge in [-0.3, -0.25) is 4.79 Å². The van der Waals surface area contributed by atoms with Crippen molar-refractivity contribution in [2.45, 2.75) is 13.3 Å². The van der Waals surface area contributed by atoms with Crippen LogP contribution >= 0.6 is 0 Å². The lowest BCUT2D eigenvalue weighted by Crippen LogP contribution is -2.12. The first-order valence-electron chi connectivity index (χ1n) is 6.48. The molecule has 5 heteroatoms. The largest absolute Gasteiger partial charge is 0.507 e. The average molecular weight is 285 g/mol. The van der Waals surface area contributed by atoms with E-state index in [2.05, 4.69) is 5.32 Å². The number of carboxylic acids is 1. The third-order valence-electron chi connectivity index (χ3n) is 3.11. The number of nitrogens with one attached hydrogen (secondary N) is 1. The Hall–Kier alpha value is -2.82. The van der Waals surface area contributed by atoms with Crippen molar-refractivity contribution in [2.75, 3.05) is 5.32 Å². The van der Waals surface area contributed by atoms with Crippen LogP contribution in [0.3, 0.4) is 0 Å². The fourth-order valence-corrected chi connectivity index (χ4v) is 1.89. The maximum absolute atomic E-state index is 12.0. The highest BCUT2D eigenvalue weighted by Crippen LogP contribution is 2.22. The van der Waals surface area contributed by atoms with Crippen molar-refractivity contribution in [3.63, 3.8) is 0 Å². The predicted octanol–water partition coefficient (Wildman–Crippen LogP) is 2.91. The number of aromatic hydroxyl groups is 1. The maximum Gasteiger partial charge on any atom is 0.339 e. The van der Waals surface area contributed by atoms with Crippen LogP contribution in [0.5, 0.6) is 5.75 Å². The smallest absolute Gasteiger partial charge is 0.339 e. The van der Waals surface area contributed by atoms with Gasteiger partial charge in [0, 0.05) is 17.3 Å². The highest BCUT2D eigenvalue weighted by Gasteiger charge is 2.11. The minimum atomic E-state index is -1.22. The summed E-state index contributed by atoms with van der Waals surface area (Å²) in [7, 11) is 0. The Labute approximate surface area is 121 Å². The number of benzene rings is 2. The predicted molar refractivity (Wildman–Crippen MR) is 78.8 cm³/mol. The third kappa shape index (κ3) is 3.39. The van der Waals surface area contributed by atoms with E-state index in [4.69, 9.17) is 5.11 Å². The molecule has 0 aliphatic carbocycles. The van der Waals surface area contributed by atoms with E-state index in [-0.39, 0.29) is 17.2 Å². The summed E-state index contributed by atoms with van der Waals surface area (Å²) in [6, 6.07) is 11.1. The Bertz CT molecular complexity index is 677. The molecule has 0 saturated heterocycles. The SMILES string of the molecule is CCc1ccc(C(=O)Nc2ccc(C(=O)O)c(O)c2)cc1. The summed E-state index contributed by atoms with van der Waals surface area (Å²) in [5.74, 6) is -1.93. The molecule has 0 unspecified atom stereocenters. The van der Waals surface area contributed by atoms with Crippen LogP contribution < -0.4 is 5.32 Å². The molecule has 0 radical (unpaired) electrons. The van der Waals surface area contributed by atoms with Gasteiger partial charge in [0.2, 0.25) is 0 Å². The van der Waals surface area contributed by atoms with Gasteiger partial charge in [0.1, 0.15) is 11.3 Å². The van der Waals surface area contributed by atoms with Crippen molar-refractivity contribution in [2.24, 2.45) is 0 Å². The van der Waals surface area contributed by atoms with Gasteiger partial charge < -0.3 is 15.5 Å². The number of rotatable bonds is 4. The van der Waals surface area contributed by atoms with E-state index in [0.717, 1.165) is 12.0 Å². The van der Waals surface area contributed by atoms with E-state index in [1.165, 1.54) is 18.2 Å². The minimum Gasteiger partial charge on any atom is -0.507 e. The monoisotopic (exact) mass is 285 g/mol. The molecule has 2 aromatic carbocycles. The van der Waals surface area contributed by atoms with E-state index in [1.807, 2.05) is 19.1 Å². The molecule has 0 aliphatic rings. The van der Waals surface area contributed by atoms with Crippen molar-refractivity contribution in [3.05, 3.63) is 59.2 Å². The number of carboxylic acid groups (broad SMARTS) is 1. The molecule has 0 fully saturated rings. The summed E-state index contributed by atoms with van der Waals surface area (Å²) >= 11 is 0. The molecule has 0 aromatic heterocycles. The van der Waals surface area contributed by atoms with Crippen molar-refractivity contribution >= 4 is 17.6 Å². The molecular formula is C16H15NO4. The van der Waals surface area contributed by atoms with Crippen LogP contribution in [-0.2, 0) is 6.42 Å². The second-order valence-electron chi connectivity index (χ2n) is 4.54. The molecule has 1 amide bonds. The number of phenols is 1. The van der Waals surface area contributed by atoms with E-state index in [9.17, 15) is 14.7 Å². The van der Waals surface area contributed by atoms with Crippen molar-refractivity contribution in [3.8, 4) is 5.75 Å². The van der Waals surface area contributed by atoms with E-state index in [1.54, 1.807) is 12.1 Å². The fraction of sp³-hybridized carbons (Fsp3) is 0.125. The highest BCUT2D eigenvalue weighted by atomic mass is 16.4. The molecule has 2 rings (SSSR count). The summed E-state index contributed by atoms with van der Waals surface area (Å²) in [4.78, 5) is 22.8. The van der Waals surface area contributed by atoms with Gasteiger partial charge in [0.15, 0.2) is 0 Å². The van der Waals surface area contributed by atoms with Crippen LogP contribution in [0.2, 0.25) is 0 Å². The first kappa shape index (κ1) is 14.6. The molecule has 108 valence electrons. The van der Waals surface area contributed by atoms with Gasteiger partial charge >= 0.3 is 5.97 Å². The lowest BCUT2D eigenvalue weighted by atomic mass is 10.1. The minimum absolute atomic E-state index is 0.208. The van der Waals surface area contributed by atoms with Crippen LogP contribution in [0.15, 0.2) is 42.5 Å². The third-order valence-corrected chi connectivity index (χ3v) is 3.11. The standard InChI is InChI=1S/C16H15NO4/c1-2-10-3-5-11(6-4-10)15(19)17-12-7-8-13(16(20)21)14(18)9-12/h3-9,18H,2H2,1H3,(H,17,19)(H,20,21). The number of carbonyl (C=O) groups is 2. The van der Waals surface area contributed by atoms with Crippen molar-refractivity contribution < 1.29 is 19.8 Å². The molecule has 3 N–H and O–H groups in total. The molecule has 0 atom stereocenters. The summed E-state index contributed by atoms with van der Waals surface area (Å²) in [5.41, 5.74) is 1.76. The Kier molecular flexibility index (Phi) is 4.23. The maximum atomic E-state index is 12.0. The number of carbonyl (C=O) groups excluding carboxylic acids is 1. The van der Waals surface area contributed by atoms with Gasteiger partial charge in [-0.25, -0.2) is 4.79 Å². The first-order chi connectivity index (χ1) is 10.0. The van der Waals surface area contributed by atoms with Crippen LogP contribution in [0.4, 0.5) is 5.69 Å². The molecule has 0 bridgehead atoms. The number of hydrogen-bond acceptors (Lipinski definition) is 3. The van der Waals surface area contributed by atoms with E-state index in [0.29, 0.717) is 11.3 Å². The molecule has 21 heavy (non-hydrogen) atoms. The average Bonchev–Trinajstić information content (AvgIpc) is 2.47. The second kappa shape index (κ2) is 6.09. The highest BCUT2D eigenvalue weighted by molar-refractivity contribution is 6.04. The topological polar surface area (TPSA) is 86.6 Å². The summed E-state index contributed by atoms with van der Waals surface area (Å²) in [6.45, 7) is 2.03. The molecule has 5 nitrogen and oxygen atoms in total. The molecule has 0 spiro atoms. The lowest BCUT2D eigenvalue weighted by molar-refractivity contribution is 0.0693. The Morgan fingerprint density at radius 2 is 1.76 bits per heavy atom. The zero-order valence-electron chi connectivity index (χ0n) is 11.5. The molecule has 2 aromatic rings. The summed E-state index contributed by atoms with van der Waals surface area (Å²) in [6.07, 6.45) is 0.895. The number of aryl methyl sites for hydroxylation is 1. The number of amides is 1. The van der Waals surface area contributed by atoms with Crippen LogP contribution in [-0.4, -0.2) is 22.1 Å². The number of aromatic carboxylic acids is 1. The summed E-state index contributed by atoms with van der Waals surface area (Å²) in [5, 5.41) is 21.0. The first-order valence-corrected chi connectivity index (χ1v) is 6.48. The quantitative estimate of drug-likeness (QED) is 0.806. The van der Waals surface area contributed by atoms with Gasteiger partial charge in [0.25, 0.3) is 5.91 Å². The van der Waals surface area contributed by atoms with Gasteiger partial charge in [0.05, 0.1) is 0 Å². The Morgan fingerprint density at radius 1 is 1.10 bits per heavy atom. The zero-order valence-corrected chi connectivity index (χ0v) is 11.5. The summed E-state index contributed by atoms with van der Waals surface area (Å²) < 4.78 is 0. The van der Waals surface area contributed by atoms with Crippen LogP contribution in [0, 0.1) is 0 Å². The fourth-order valence-electron chi connectivity index (χ4n) is 1.89. The zero-order chi connectivity index (χ0) is 15.4. The van der Waals surface area contributed by atoms with E-state index >= 15 is 0 Å². The van der Waals surface area contributed by atoms with Crippen molar-refractivity contribution in [1.29, 1.82) is 0 Å². The van der Waals surface area contributed by atoms with Crippen molar-refractivity contribution in [1.82, 2.24) is 0 Å². The normalized spacial score (nSPS) is 10.1. The van der Waals surface area contributed by atoms with Crippen LogP contribution in [0.1, 0.15) is 33.2 Å².